The Hall–Kier alpha value is -3.41. The van der Waals surface area contributed by atoms with Crippen LogP contribution in [0.3, 0.4) is 0 Å². The summed E-state index contributed by atoms with van der Waals surface area (Å²) in [5.74, 6) is -0.578. The van der Waals surface area contributed by atoms with Gasteiger partial charge in [-0.15, -0.1) is 0 Å². The number of rotatable bonds is 4. The Bertz CT molecular complexity index is 890. The van der Waals surface area contributed by atoms with E-state index in [1.807, 2.05) is 24.3 Å². The number of hydrogen-bond donors (Lipinski definition) is 2. The molecule has 0 aromatic heterocycles. The third kappa shape index (κ3) is 4.23. The van der Waals surface area contributed by atoms with Crippen molar-refractivity contribution in [2.24, 2.45) is 0 Å². The standard InChI is InChI=1S/C21H21N3O3/c1-3-20(26)23-17-10-8-15(9-11-17)21(27)24-13-18(22-14(2)25)12-16-6-4-5-7-19(16)24/h3-11,18H,1,12-13H2,2H3,(H,22,25)(H,23,26). The van der Waals surface area contributed by atoms with E-state index in [-0.39, 0.29) is 23.8 Å². The quantitative estimate of drug-likeness (QED) is 0.820. The summed E-state index contributed by atoms with van der Waals surface area (Å²) in [5.41, 5.74) is 2.97. The van der Waals surface area contributed by atoms with Crippen molar-refractivity contribution in [3.8, 4) is 0 Å². The molecule has 0 spiro atoms. The van der Waals surface area contributed by atoms with Gasteiger partial charge < -0.3 is 15.5 Å². The fraction of sp³-hybridized carbons (Fsp3) is 0.190. The Kier molecular flexibility index (Phi) is 5.35. The van der Waals surface area contributed by atoms with Gasteiger partial charge in [-0.1, -0.05) is 24.8 Å². The topological polar surface area (TPSA) is 78.5 Å². The molecule has 2 aromatic rings. The van der Waals surface area contributed by atoms with E-state index in [0.717, 1.165) is 11.3 Å². The van der Waals surface area contributed by atoms with Crippen molar-refractivity contribution >= 4 is 29.1 Å². The van der Waals surface area contributed by atoms with E-state index < -0.39 is 0 Å². The lowest BCUT2D eigenvalue weighted by Gasteiger charge is -2.35. The van der Waals surface area contributed by atoms with Gasteiger partial charge >= 0.3 is 0 Å². The van der Waals surface area contributed by atoms with Crippen LogP contribution in [0.2, 0.25) is 0 Å². The second kappa shape index (κ2) is 7.86. The van der Waals surface area contributed by atoms with Gasteiger partial charge in [0.25, 0.3) is 5.91 Å². The molecular weight excluding hydrogens is 342 g/mol. The van der Waals surface area contributed by atoms with Crippen LogP contribution in [-0.4, -0.2) is 30.3 Å². The number of anilines is 2. The summed E-state index contributed by atoms with van der Waals surface area (Å²) in [7, 11) is 0. The predicted molar refractivity (Wildman–Crippen MR) is 105 cm³/mol. The fourth-order valence-electron chi connectivity index (χ4n) is 3.22. The number of hydrogen-bond acceptors (Lipinski definition) is 3. The van der Waals surface area contributed by atoms with E-state index >= 15 is 0 Å². The van der Waals surface area contributed by atoms with Gasteiger partial charge in [-0.3, -0.25) is 14.4 Å². The molecule has 1 aliphatic rings. The van der Waals surface area contributed by atoms with Gasteiger partial charge in [-0.2, -0.15) is 0 Å². The van der Waals surface area contributed by atoms with Crippen LogP contribution in [0.15, 0.2) is 61.2 Å². The Morgan fingerprint density at radius 3 is 2.48 bits per heavy atom. The molecule has 1 heterocycles. The predicted octanol–water partition coefficient (Wildman–Crippen LogP) is 2.52. The third-order valence-corrected chi connectivity index (χ3v) is 4.39. The lowest BCUT2D eigenvalue weighted by molar-refractivity contribution is -0.119. The van der Waals surface area contributed by atoms with E-state index in [0.29, 0.717) is 24.2 Å². The van der Waals surface area contributed by atoms with Gasteiger partial charge in [0.05, 0.1) is 6.04 Å². The Balaban J connectivity index is 1.85. The summed E-state index contributed by atoms with van der Waals surface area (Å²) in [4.78, 5) is 37.6. The van der Waals surface area contributed by atoms with Crippen LogP contribution >= 0.6 is 0 Å². The average molecular weight is 363 g/mol. The van der Waals surface area contributed by atoms with Crippen molar-refractivity contribution in [3.63, 3.8) is 0 Å². The van der Waals surface area contributed by atoms with Crippen molar-refractivity contribution in [1.29, 1.82) is 0 Å². The van der Waals surface area contributed by atoms with Crippen LogP contribution in [-0.2, 0) is 16.0 Å². The van der Waals surface area contributed by atoms with Gasteiger partial charge in [0.15, 0.2) is 0 Å². The third-order valence-electron chi connectivity index (χ3n) is 4.39. The first-order valence-corrected chi connectivity index (χ1v) is 8.68. The Labute approximate surface area is 157 Å². The number of amides is 3. The van der Waals surface area contributed by atoms with Gasteiger partial charge in [0, 0.05) is 30.4 Å². The van der Waals surface area contributed by atoms with Crippen molar-refractivity contribution < 1.29 is 14.4 Å². The fourth-order valence-corrected chi connectivity index (χ4v) is 3.22. The molecule has 6 nitrogen and oxygen atoms in total. The highest BCUT2D eigenvalue weighted by Crippen LogP contribution is 2.28. The summed E-state index contributed by atoms with van der Waals surface area (Å²) in [6.45, 7) is 5.29. The minimum Gasteiger partial charge on any atom is -0.351 e. The molecule has 27 heavy (non-hydrogen) atoms. The van der Waals surface area contributed by atoms with Crippen LogP contribution in [0.4, 0.5) is 11.4 Å². The summed E-state index contributed by atoms with van der Waals surface area (Å²) in [6.07, 6.45) is 1.87. The molecular formula is C21H21N3O3. The second-order valence-electron chi connectivity index (χ2n) is 6.42. The number of benzene rings is 2. The average Bonchev–Trinajstić information content (AvgIpc) is 2.66. The maximum absolute atomic E-state index is 13.1. The molecule has 2 aromatic carbocycles. The molecule has 0 bridgehead atoms. The number of nitrogens with one attached hydrogen (secondary N) is 2. The summed E-state index contributed by atoms with van der Waals surface area (Å²) in [6, 6.07) is 14.3. The molecule has 1 unspecified atom stereocenters. The molecule has 0 saturated heterocycles. The minimum absolute atomic E-state index is 0.117. The Morgan fingerprint density at radius 2 is 1.81 bits per heavy atom. The molecule has 2 N–H and O–H groups in total. The van der Waals surface area contributed by atoms with Crippen LogP contribution < -0.4 is 15.5 Å². The van der Waals surface area contributed by atoms with Gasteiger partial charge in [-0.05, 0) is 48.4 Å². The van der Waals surface area contributed by atoms with E-state index in [2.05, 4.69) is 17.2 Å². The van der Waals surface area contributed by atoms with Crippen molar-refractivity contribution in [3.05, 3.63) is 72.3 Å². The van der Waals surface area contributed by atoms with Gasteiger partial charge in [0.2, 0.25) is 11.8 Å². The van der Waals surface area contributed by atoms with Gasteiger partial charge in [-0.25, -0.2) is 0 Å². The largest absolute Gasteiger partial charge is 0.351 e. The molecule has 0 radical (unpaired) electrons. The highest BCUT2D eigenvalue weighted by atomic mass is 16.2. The number of fused-ring (bicyclic) bond motifs is 1. The van der Waals surface area contributed by atoms with Crippen LogP contribution in [0.1, 0.15) is 22.8 Å². The lowest BCUT2D eigenvalue weighted by Crippen LogP contribution is -2.49. The highest BCUT2D eigenvalue weighted by Gasteiger charge is 2.29. The van der Waals surface area contributed by atoms with Crippen LogP contribution in [0, 0.1) is 0 Å². The van der Waals surface area contributed by atoms with E-state index in [1.54, 1.807) is 29.2 Å². The zero-order chi connectivity index (χ0) is 19.4. The van der Waals surface area contributed by atoms with Crippen LogP contribution in [0.25, 0.3) is 0 Å². The molecule has 0 saturated carbocycles. The number of nitrogens with zero attached hydrogens (tertiary/aromatic N) is 1. The zero-order valence-corrected chi connectivity index (χ0v) is 15.1. The normalized spacial score (nSPS) is 15.4. The lowest BCUT2D eigenvalue weighted by atomic mass is 9.97. The molecule has 1 atom stereocenters. The minimum atomic E-state index is -0.308. The number of carbonyl (C=O) groups is 3. The number of carbonyl (C=O) groups excluding carboxylic acids is 3. The maximum Gasteiger partial charge on any atom is 0.258 e. The van der Waals surface area contributed by atoms with Crippen molar-refractivity contribution in [2.45, 2.75) is 19.4 Å². The molecule has 0 fully saturated rings. The molecule has 6 heteroatoms. The highest BCUT2D eigenvalue weighted by molar-refractivity contribution is 6.07. The zero-order valence-electron chi connectivity index (χ0n) is 15.1. The Morgan fingerprint density at radius 1 is 1.11 bits per heavy atom. The smallest absolute Gasteiger partial charge is 0.258 e. The van der Waals surface area contributed by atoms with Crippen molar-refractivity contribution in [2.75, 3.05) is 16.8 Å². The SMILES string of the molecule is C=CC(=O)Nc1ccc(C(=O)N2CC(NC(C)=O)Cc3ccccc32)cc1. The summed E-state index contributed by atoms with van der Waals surface area (Å²) < 4.78 is 0. The maximum atomic E-state index is 13.1. The summed E-state index contributed by atoms with van der Waals surface area (Å²) in [5, 5.41) is 5.56. The number of para-hydroxylation sites is 1. The first kappa shape index (κ1) is 18.4. The molecule has 138 valence electrons. The van der Waals surface area contributed by atoms with E-state index in [1.165, 1.54) is 13.0 Å². The summed E-state index contributed by atoms with van der Waals surface area (Å²) >= 11 is 0. The van der Waals surface area contributed by atoms with Gasteiger partial charge in [0.1, 0.15) is 0 Å². The molecule has 0 aliphatic carbocycles. The van der Waals surface area contributed by atoms with E-state index in [4.69, 9.17) is 0 Å². The van der Waals surface area contributed by atoms with E-state index in [9.17, 15) is 14.4 Å². The molecule has 3 amide bonds. The van der Waals surface area contributed by atoms with Crippen molar-refractivity contribution in [1.82, 2.24) is 5.32 Å². The molecule has 3 rings (SSSR count). The monoisotopic (exact) mass is 363 g/mol. The first-order chi connectivity index (χ1) is 13.0. The molecule has 1 aliphatic heterocycles. The van der Waals surface area contributed by atoms with Crippen LogP contribution in [0.5, 0.6) is 0 Å². The first-order valence-electron chi connectivity index (χ1n) is 8.68. The second-order valence-corrected chi connectivity index (χ2v) is 6.42.